The molecule has 1 N–H and O–H groups in total. The van der Waals surface area contributed by atoms with E-state index in [9.17, 15) is 18.0 Å². The molecule has 0 bridgehead atoms. The molecule has 0 radical (unpaired) electrons. The molecule has 3 rings (SSSR count). The number of hydrogen-bond acceptors (Lipinski definition) is 5. The van der Waals surface area contributed by atoms with Crippen LogP contribution in [0.15, 0.2) is 36.7 Å². The van der Waals surface area contributed by atoms with Gasteiger partial charge in [0, 0.05) is 31.0 Å². The van der Waals surface area contributed by atoms with E-state index in [0.717, 1.165) is 12.1 Å². The summed E-state index contributed by atoms with van der Waals surface area (Å²) >= 11 is 0. The van der Waals surface area contributed by atoms with E-state index in [-0.39, 0.29) is 30.1 Å². The van der Waals surface area contributed by atoms with Crippen LogP contribution in [0.1, 0.15) is 12.0 Å². The van der Waals surface area contributed by atoms with Crippen molar-refractivity contribution in [2.75, 3.05) is 25.5 Å². The second-order valence-corrected chi connectivity index (χ2v) is 5.85. The van der Waals surface area contributed by atoms with Crippen molar-refractivity contribution in [1.29, 1.82) is 0 Å². The Balaban J connectivity index is 1.59. The average molecular weight is 382 g/mol. The Labute approximate surface area is 153 Å². The van der Waals surface area contributed by atoms with Gasteiger partial charge in [0.2, 0.25) is 0 Å². The molecule has 0 aliphatic carbocycles. The highest BCUT2D eigenvalue weighted by molar-refractivity contribution is 5.89. The van der Waals surface area contributed by atoms with Crippen molar-refractivity contribution in [3.63, 3.8) is 0 Å². The van der Waals surface area contributed by atoms with E-state index in [2.05, 4.69) is 15.3 Å². The van der Waals surface area contributed by atoms with Gasteiger partial charge in [-0.15, -0.1) is 0 Å². The second-order valence-electron chi connectivity index (χ2n) is 5.85. The third-order valence-electron chi connectivity index (χ3n) is 3.98. The normalized spacial score (nSPS) is 16.9. The Morgan fingerprint density at radius 1 is 1.26 bits per heavy atom. The molecule has 2 aromatic rings. The number of amides is 2. The number of rotatable bonds is 4. The molecule has 10 heteroatoms. The van der Waals surface area contributed by atoms with Crippen molar-refractivity contribution in [3.05, 3.63) is 42.2 Å². The lowest BCUT2D eigenvalue weighted by Gasteiger charge is -2.18. The second kappa shape index (κ2) is 7.68. The Morgan fingerprint density at radius 2 is 2.00 bits per heavy atom. The molecule has 1 saturated heterocycles. The summed E-state index contributed by atoms with van der Waals surface area (Å²) in [5.41, 5.74) is -0.743. The molecule has 144 valence electrons. The number of nitrogens with one attached hydrogen (secondary N) is 1. The molecule has 1 aliphatic heterocycles. The minimum atomic E-state index is -4.47. The van der Waals surface area contributed by atoms with Crippen LogP contribution in [0.5, 0.6) is 11.8 Å². The van der Waals surface area contributed by atoms with E-state index in [4.69, 9.17) is 9.47 Å². The SMILES string of the molecule is COc1nccnc1OC1CCN(C(=O)Nc2cccc(C(F)(F)F)c2)C1. The molecule has 27 heavy (non-hydrogen) atoms. The van der Waals surface area contributed by atoms with E-state index in [0.29, 0.717) is 13.0 Å². The van der Waals surface area contributed by atoms with Gasteiger partial charge in [0.1, 0.15) is 6.10 Å². The Morgan fingerprint density at radius 3 is 2.70 bits per heavy atom. The van der Waals surface area contributed by atoms with Gasteiger partial charge in [-0.05, 0) is 18.2 Å². The van der Waals surface area contributed by atoms with Gasteiger partial charge >= 0.3 is 12.2 Å². The van der Waals surface area contributed by atoms with Gasteiger partial charge in [-0.3, -0.25) is 0 Å². The lowest BCUT2D eigenvalue weighted by molar-refractivity contribution is -0.137. The van der Waals surface area contributed by atoms with Crippen molar-refractivity contribution in [3.8, 4) is 11.8 Å². The Hall–Kier alpha value is -3.04. The van der Waals surface area contributed by atoms with Gasteiger partial charge in [0.05, 0.1) is 19.2 Å². The number of benzene rings is 1. The number of hydrogen-bond donors (Lipinski definition) is 1. The maximum absolute atomic E-state index is 12.8. The van der Waals surface area contributed by atoms with E-state index < -0.39 is 17.8 Å². The first-order valence-electron chi connectivity index (χ1n) is 8.11. The summed E-state index contributed by atoms with van der Waals surface area (Å²) in [5, 5.41) is 2.48. The van der Waals surface area contributed by atoms with Gasteiger partial charge in [-0.2, -0.15) is 13.2 Å². The van der Waals surface area contributed by atoms with E-state index in [1.54, 1.807) is 0 Å². The molecular formula is C17H17F3N4O3. The topological polar surface area (TPSA) is 76.6 Å². The summed E-state index contributed by atoms with van der Waals surface area (Å²) in [4.78, 5) is 21.8. The van der Waals surface area contributed by atoms with Gasteiger partial charge in [0.15, 0.2) is 0 Å². The number of urea groups is 1. The molecule has 2 amide bonds. The Bertz CT molecular complexity index is 816. The number of methoxy groups -OCH3 is 1. The first-order valence-corrected chi connectivity index (χ1v) is 8.11. The number of carbonyl (C=O) groups is 1. The van der Waals surface area contributed by atoms with Gasteiger partial charge in [-0.25, -0.2) is 14.8 Å². The molecule has 2 heterocycles. The van der Waals surface area contributed by atoms with Crippen LogP contribution in [0.25, 0.3) is 0 Å². The summed E-state index contributed by atoms with van der Waals surface area (Å²) in [6.45, 7) is 0.669. The van der Waals surface area contributed by atoms with Crippen molar-refractivity contribution in [2.45, 2.75) is 18.7 Å². The summed E-state index contributed by atoms with van der Waals surface area (Å²) in [5.74, 6) is 0.467. The molecule has 1 unspecified atom stereocenters. The number of anilines is 1. The highest BCUT2D eigenvalue weighted by Crippen LogP contribution is 2.31. The summed E-state index contributed by atoms with van der Waals surface area (Å²) in [6, 6.07) is 4.00. The van der Waals surface area contributed by atoms with Gasteiger partial charge in [-0.1, -0.05) is 6.07 Å². The predicted octanol–water partition coefficient (Wildman–Crippen LogP) is 3.19. The molecule has 1 atom stereocenters. The third kappa shape index (κ3) is 4.57. The zero-order valence-corrected chi connectivity index (χ0v) is 14.4. The van der Waals surface area contributed by atoms with Gasteiger partial charge in [0.25, 0.3) is 11.8 Å². The fourth-order valence-electron chi connectivity index (χ4n) is 2.68. The number of nitrogens with zero attached hydrogens (tertiary/aromatic N) is 3. The standard InChI is InChI=1S/C17H17F3N4O3/c1-26-14-15(22-7-6-21-14)27-13-5-8-24(10-13)16(25)23-12-4-2-3-11(9-12)17(18,19)20/h2-4,6-7,9,13H,5,8,10H2,1H3,(H,23,25). The van der Waals surface area contributed by atoms with Crippen LogP contribution in [0, 0.1) is 0 Å². The molecule has 1 aromatic heterocycles. The largest absolute Gasteiger partial charge is 0.477 e. The molecule has 0 spiro atoms. The Kier molecular flexibility index (Phi) is 5.33. The molecular weight excluding hydrogens is 365 g/mol. The molecule has 0 saturated carbocycles. The highest BCUT2D eigenvalue weighted by atomic mass is 19.4. The van der Waals surface area contributed by atoms with E-state index >= 15 is 0 Å². The fourth-order valence-corrected chi connectivity index (χ4v) is 2.68. The lowest BCUT2D eigenvalue weighted by atomic mass is 10.2. The highest BCUT2D eigenvalue weighted by Gasteiger charge is 2.31. The first kappa shape index (κ1) is 18.7. The molecule has 1 fully saturated rings. The summed E-state index contributed by atoms with van der Waals surface area (Å²) in [7, 11) is 1.44. The fraction of sp³-hybridized carbons (Fsp3) is 0.353. The predicted molar refractivity (Wildman–Crippen MR) is 89.7 cm³/mol. The van der Waals surface area contributed by atoms with Crippen molar-refractivity contribution < 1.29 is 27.4 Å². The summed E-state index contributed by atoms with van der Waals surface area (Å²) < 4.78 is 49.1. The number of likely N-dealkylation sites (tertiary alicyclic amines) is 1. The number of halogens is 3. The number of carbonyl (C=O) groups excluding carboxylic acids is 1. The zero-order valence-electron chi connectivity index (χ0n) is 14.4. The molecule has 7 nitrogen and oxygen atoms in total. The minimum absolute atomic E-state index is 0.0785. The third-order valence-corrected chi connectivity index (χ3v) is 3.98. The number of aromatic nitrogens is 2. The van der Waals surface area contributed by atoms with Crippen LogP contribution in [-0.4, -0.2) is 47.2 Å². The van der Waals surface area contributed by atoms with Crippen molar-refractivity contribution in [1.82, 2.24) is 14.9 Å². The first-order chi connectivity index (χ1) is 12.9. The lowest BCUT2D eigenvalue weighted by Crippen LogP contribution is -2.34. The maximum Gasteiger partial charge on any atom is 0.416 e. The average Bonchev–Trinajstić information content (AvgIpc) is 3.10. The quantitative estimate of drug-likeness (QED) is 0.879. The minimum Gasteiger partial charge on any atom is -0.477 e. The van der Waals surface area contributed by atoms with Crippen LogP contribution >= 0.6 is 0 Å². The summed E-state index contributed by atoms with van der Waals surface area (Å²) in [6.07, 6.45) is -1.30. The smallest absolute Gasteiger partial charge is 0.416 e. The number of alkyl halides is 3. The van der Waals surface area contributed by atoms with Crippen molar-refractivity contribution in [2.24, 2.45) is 0 Å². The number of ether oxygens (including phenoxy) is 2. The maximum atomic E-state index is 12.8. The zero-order chi connectivity index (χ0) is 19.4. The van der Waals surface area contributed by atoms with E-state index in [1.165, 1.54) is 36.5 Å². The monoisotopic (exact) mass is 382 g/mol. The van der Waals surface area contributed by atoms with Crippen LogP contribution in [0.2, 0.25) is 0 Å². The van der Waals surface area contributed by atoms with Crippen molar-refractivity contribution >= 4 is 11.7 Å². The molecule has 1 aromatic carbocycles. The van der Waals surface area contributed by atoms with Crippen LogP contribution in [-0.2, 0) is 6.18 Å². The molecule has 1 aliphatic rings. The van der Waals surface area contributed by atoms with Crippen LogP contribution in [0.3, 0.4) is 0 Å². The van der Waals surface area contributed by atoms with Gasteiger partial charge < -0.3 is 19.7 Å². The van der Waals surface area contributed by atoms with Crippen LogP contribution < -0.4 is 14.8 Å². The van der Waals surface area contributed by atoms with Crippen LogP contribution in [0.4, 0.5) is 23.7 Å². The van der Waals surface area contributed by atoms with E-state index in [1.807, 2.05) is 0 Å².